The molecule has 0 aliphatic heterocycles. The van der Waals surface area contributed by atoms with E-state index in [2.05, 4.69) is 15.0 Å². The number of aromatic carboxylic acids is 1. The molecule has 0 saturated carbocycles. The highest BCUT2D eigenvalue weighted by Crippen LogP contribution is 2.21. The van der Waals surface area contributed by atoms with E-state index >= 15 is 0 Å². The second kappa shape index (κ2) is 4.20. The monoisotopic (exact) mass is 253 g/mol. The minimum absolute atomic E-state index is 0.188. The minimum atomic E-state index is -0.985. The van der Waals surface area contributed by atoms with E-state index in [0.717, 1.165) is 5.69 Å². The zero-order valence-electron chi connectivity index (χ0n) is 10.2. The lowest BCUT2D eigenvalue weighted by Crippen LogP contribution is -1.96. The molecule has 2 heterocycles. The first kappa shape index (κ1) is 11.4. The Hall–Kier alpha value is -2.69. The number of rotatable bonds is 2. The van der Waals surface area contributed by atoms with Crippen LogP contribution in [0.25, 0.3) is 22.6 Å². The number of aromatic nitrogens is 3. The molecule has 0 unspecified atom stereocenters. The molecule has 2 aromatic heterocycles. The smallest absolute Gasteiger partial charge is 0.337 e. The van der Waals surface area contributed by atoms with Gasteiger partial charge in [-0.1, -0.05) is 12.1 Å². The average Bonchev–Trinajstić information content (AvgIpc) is 2.82. The molecule has 2 N–H and O–H groups in total. The fraction of sp³-hybridized carbons (Fsp3) is 0.0714. The van der Waals surface area contributed by atoms with Crippen LogP contribution in [0, 0.1) is 6.92 Å². The van der Waals surface area contributed by atoms with E-state index in [1.54, 1.807) is 18.2 Å². The number of nitrogens with one attached hydrogen (secondary N) is 1. The molecule has 3 aromatic rings. The number of aromatic amines is 1. The van der Waals surface area contributed by atoms with Crippen LogP contribution in [0.15, 0.2) is 36.4 Å². The van der Waals surface area contributed by atoms with Crippen molar-refractivity contribution in [3.63, 3.8) is 0 Å². The number of hydrogen-bond donors (Lipinski definition) is 2. The lowest BCUT2D eigenvalue weighted by molar-refractivity contribution is 0.0699. The Morgan fingerprint density at radius 1 is 1.16 bits per heavy atom. The van der Waals surface area contributed by atoms with Crippen LogP contribution in [0.5, 0.6) is 0 Å². The molecule has 0 aliphatic carbocycles. The molecule has 0 atom stereocenters. The first-order valence-corrected chi connectivity index (χ1v) is 5.81. The third-order valence-electron chi connectivity index (χ3n) is 2.87. The zero-order valence-corrected chi connectivity index (χ0v) is 10.2. The summed E-state index contributed by atoms with van der Waals surface area (Å²) in [5.41, 5.74) is 2.92. The highest BCUT2D eigenvalue weighted by atomic mass is 16.4. The summed E-state index contributed by atoms with van der Waals surface area (Å²) < 4.78 is 0. The van der Waals surface area contributed by atoms with Crippen LogP contribution in [0.1, 0.15) is 16.1 Å². The van der Waals surface area contributed by atoms with Gasteiger partial charge in [0.05, 0.1) is 11.1 Å². The van der Waals surface area contributed by atoms with Crippen LogP contribution in [-0.2, 0) is 0 Å². The van der Waals surface area contributed by atoms with Crippen LogP contribution >= 0.6 is 0 Å². The first-order valence-electron chi connectivity index (χ1n) is 5.81. The fourth-order valence-corrected chi connectivity index (χ4v) is 2.00. The molecule has 1 aromatic carbocycles. The van der Waals surface area contributed by atoms with Gasteiger partial charge in [0.1, 0.15) is 11.2 Å². The van der Waals surface area contributed by atoms with E-state index in [1.165, 1.54) is 0 Å². The predicted molar refractivity (Wildman–Crippen MR) is 71.0 cm³/mol. The molecule has 0 radical (unpaired) electrons. The number of carboxylic acids is 1. The maximum absolute atomic E-state index is 11.1. The fourth-order valence-electron chi connectivity index (χ4n) is 2.00. The van der Waals surface area contributed by atoms with Crippen molar-refractivity contribution in [2.45, 2.75) is 6.92 Å². The number of aryl methyl sites for hydroxylation is 1. The standard InChI is InChI=1S/C14H11N3O2/c1-8-4-2-7-11(15-8)13-16-10-6-3-5-9(14(18)19)12(10)17-13/h2-7H,1H3,(H,16,17)(H,18,19). The second-order valence-corrected chi connectivity index (χ2v) is 4.26. The number of fused-ring (bicyclic) bond motifs is 1. The molecule has 0 spiro atoms. The average molecular weight is 253 g/mol. The summed E-state index contributed by atoms with van der Waals surface area (Å²) in [5.74, 6) is -0.409. The van der Waals surface area contributed by atoms with Gasteiger partial charge in [0.2, 0.25) is 0 Å². The quantitative estimate of drug-likeness (QED) is 0.735. The number of carbonyl (C=O) groups is 1. The SMILES string of the molecule is Cc1cccc(-c2nc3c(C(=O)O)cccc3[nH]2)n1. The molecule has 0 bridgehead atoms. The van der Waals surface area contributed by atoms with Gasteiger partial charge < -0.3 is 10.1 Å². The van der Waals surface area contributed by atoms with Crippen molar-refractivity contribution >= 4 is 17.0 Å². The zero-order chi connectivity index (χ0) is 13.4. The predicted octanol–water partition coefficient (Wildman–Crippen LogP) is 2.63. The number of pyridine rings is 1. The van der Waals surface area contributed by atoms with Gasteiger partial charge in [-0.3, -0.25) is 0 Å². The van der Waals surface area contributed by atoms with Crippen LogP contribution < -0.4 is 0 Å². The molecule has 0 saturated heterocycles. The molecule has 5 heteroatoms. The highest BCUT2D eigenvalue weighted by molar-refractivity contribution is 6.01. The van der Waals surface area contributed by atoms with Crippen LogP contribution in [0.3, 0.4) is 0 Å². The van der Waals surface area contributed by atoms with E-state index in [-0.39, 0.29) is 5.56 Å². The van der Waals surface area contributed by atoms with Crippen molar-refractivity contribution < 1.29 is 9.90 Å². The molecule has 19 heavy (non-hydrogen) atoms. The van der Waals surface area contributed by atoms with Gasteiger partial charge in [-0.15, -0.1) is 0 Å². The molecule has 5 nitrogen and oxygen atoms in total. The summed E-state index contributed by atoms with van der Waals surface area (Å²) in [7, 11) is 0. The van der Waals surface area contributed by atoms with Crippen molar-refractivity contribution in [1.82, 2.24) is 15.0 Å². The number of carboxylic acid groups (broad SMARTS) is 1. The number of imidazole rings is 1. The van der Waals surface area contributed by atoms with Gasteiger partial charge in [0, 0.05) is 5.69 Å². The Labute approximate surface area is 109 Å². The first-order chi connectivity index (χ1) is 9.15. The lowest BCUT2D eigenvalue weighted by Gasteiger charge is -1.96. The van der Waals surface area contributed by atoms with Crippen molar-refractivity contribution in [3.05, 3.63) is 47.7 Å². The van der Waals surface area contributed by atoms with Crippen LogP contribution in [-0.4, -0.2) is 26.0 Å². The summed E-state index contributed by atoms with van der Waals surface area (Å²) in [6, 6.07) is 10.7. The molecule has 0 amide bonds. The topological polar surface area (TPSA) is 78.9 Å². The highest BCUT2D eigenvalue weighted by Gasteiger charge is 2.13. The third-order valence-corrected chi connectivity index (χ3v) is 2.87. The van der Waals surface area contributed by atoms with Crippen molar-refractivity contribution in [2.24, 2.45) is 0 Å². The van der Waals surface area contributed by atoms with Crippen LogP contribution in [0.2, 0.25) is 0 Å². The third kappa shape index (κ3) is 1.95. The summed E-state index contributed by atoms with van der Waals surface area (Å²) in [6.07, 6.45) is 0. The van der Waals surface area contributed by atoms with E-state index in [9.17, 15) is 4.79 Å². The second-order valence-electron chi connectivity index (χ2n) is 4.26. The molecule has 0 aliphatic rings. The van der Waals surface area contributed by atoms with E-state index < -0.39 is 5.97 Å². The van der Waals surface area contributed by atoms with E-state index in [0.29, 0.717) is 22.6 Å². The maximum Gasteiger partial charge on any atom is 0.337 e. The maximum atomic E-state index is 11.1. The molecule has 94 valence electrons. The Morgan fingerprint density at radius 2 is 1.95 bits per heavy atom. The van der Waals surface area contributed by atoms with Gasteiger partial charge in [-0.2, -0.15) is 0 Å². The largest absolute Gasteiger partial charge is 0.478 e. The minimum Gasteiger partial charge on any atom is -0.478 e. The van der Waals surface area contributed by atoms with Crippen LogP contribution in [0.4, 0.5) is 0 Å². The molecule has 0 fully saturated rings. The Morgan fingerprint density at radius 3 is 2.68 bits per heavy atom. The summed E-state index contributed by atoms with van der Waals surface area (Å²) >= 11 is 0. The number of H-pyrrole nitrogens is 1. The van der Waals surface area contributed by atoms with Crippen molar-refractivity contribution in [3.8, 4) is 11.5 Å². The molecule has 3 rings (SSSR count). The van der Waals surface area contributed by atoms with Gasteiger partial charge in [0.25, 0.3) is 0 Å². The summed E-state index contributed by atoms with van der Waals surface area (Å²) in [5, 5.41) is 9.14. The van der Waals surface area contributed by atoms with Gasteiger partial charge in [-0.25, -0.2) is 14.8 Å². The Balaban J connectivity index is 2.22. The Bertz CT molecular complexity index is 777. The summed E-state index contributed by atoms with van der Waals surface area (Å²) in [4.78, 5) is 23.0. The number of benzene rings is 1. The van der Waals surface area contributed by atoms with Gasteiger partial charge in [0.15, 0.2) is 5.82 Å². The normalized spacial score (nSPS) is 10.8. The van der Waals surface area contributed by atoms with Gasteiger partial charge >= 0.3 is 5.97 Å². The number of nitrogens with zero attached hydrogens (tertiary/aromatic N) is 2. The molecular weight excluding hydrogens is 242 g/mol. The van der Waals surface area contributed by atoms with Crippen molar-refractivity contribution in [1.29, 1.82) is 0 Å². The summed E-state index contributed by atoms with van der Waals surface area (Å²) in [6.45, 7) is 1.90. The number of para-hydroxylation sites is 1. The van der Waals surface area contributed by atoms with Crippen molar-refractivity contribution in [2.75, 3.05) is 0 Å². The Kier molecular flexibility index (Phi) is 2.52. The molecular formula is C14H11N3O2. The van der Waals surface area contributed by atoms with Gasteiger partial charge in [-0.05, 0) is 31.2 Å². The van der Waals surface area contributed by atoms with E-state index in [1.807, 2.05) is 25.1 Å². The van der Waals surface area contributed by atoms with E-state index in [4.69, 9.17) is 5.11 Å². The lowest BCUT2D eigenvalue weighted by atomic mass is 10.2. The number of hydrogen-bond acceptors (Lipinski definition) is 3.